The number of imidazole rings is 1. The summed E-state index contributed by atoms with van der Waals surface area (Å²) in [7, 11) is 3.52. The molecule has 19 heavy (non-hydrogen) atoms. The zero-order valence-electron chi connectivity index (χ0n) is 11.3. The summed E-state index contributed by atoms with van der Waals surface area (Å²) in [6.07, 6.45) is 0.290. The molecule has 0 unspecified atom stereocenters. The van der Waals surface area contributed by atoms with Gasteiger partial charge in [0.1, 0.15) is 12.4 Å². The van der Waals surface area contributed by atoms with Crippen LogP contribution < -0.4 is 0 Å². The average molecular weight is 262 g/mol. The van der Waals surface area contributed by atoms with E-state index >= 15 is 0 Å². The first-order valence-electron chi connectivity index (χ1n) is 6.21. The van der Waals surface area contributed by atoms with E-state index in [1.807, 2.05) is 35.9 Å². The van der Waals surface area contributed by atoms with Crippen LogP contribution in [-0.4, -0.2) is 42.3 Å². The van der Waals surface area contributed by atoms with Gasteiger partial charge in [0.25, 0.3) is 0 Å². The van der Waals surface area contributed by atoms with Gasteiger partial charge in [0.2, 0.25) is 0 Å². The van der Waals surface area contributed by atoms with Crippen molar-refractivity contribution in [3.8, 4) is 0 Å². The van der Waals surface area contributed by atoms with E-state index < -0.39 is 0 Å². The molecule has 0 amide bonds. The van der Waals surface area contributed by atoms with Crippen LogP contribution in [0.1, 0.15) is 5.82 Å². The number of methoxy groups -OCH3 is 1. The molecule has 0 saturated heterocycles. The fourth-order valence-corrected chi connectivity index (χ4v) is 1.91. The number of para-hydroxylation sites is 2. The van der Waals surface area contributed by atoms with Crippen LogP contribution >= 0.6 is 0 Å². The molecule has 0 aliphatic rings. The number of ether oxygens (including phenoxy) is 2. The standard InChI is InChI=1S/C14H18N2O3/c1-16-13-6-4-3-5-12(13)15-14(16)9-11(17)10-19-8-7-18-2/h3-6H,7-10H2,1-2H3. The zero-order chi connectivity index (χ0) is 13.7. The van der Waals surface area contributed by atoms with Gasteiger partial charge in [0.05, 0.1) is 30.7 Å². The molecule has 5 heteroatoms. The number of rotatable bonds is 7. The lowest BCUT2D eigenvalue weighted by Gasteiger charge is -2.03. The maximum absolute atomic E-state index is 11.8. The van der Waals surface area contributed by atoms with Crippen molar-refractivity contribution in [3.05, 3.63) is 30.1 Å². The van der Waals surface area contributed by atoms with Crippen LogP contribution in [0.25, 0.3) is 11.0 Å². The van der Waals surface area contributed by atoms with E-state index in [1.165, 1.54) is 0 Å². The van der Waals surface area contributed by atoms with Crippen LogP contribution in [0.4, 0.5) is 0 Å². The summed E-state index contributed by atoms with van der Waals surface area (Å²) in [4.78, 5) is 16.2. The highest BCUT2D eigenvalue weighted by Crippen LogP contribution is 2.14. The molecule has 0 saturated carbocycles. The van der Waals surface area contributed by atoms with E-state index in [1.54, 1.807) is 7.11 Å². The molecule has 0 atom stereocenters. The van der Waals surface area contributed by atoms with Gasteiger partial charge in [-0.3, -0.25) is 4.79 Å². The normalized spacial score (nSPS) is 11.1. The number of fused-ring (bicyclic) bond motifs is 1. The van der Waals surface area contributed by atoms with Crippen LogP contribution in [0.2, 0.25) is 0 Å². The highest BCUT2D eigenvalue weighted by Gasteiger charge is 2.11. The number of aryl methyl sites for hydroxylation is 1. The van der Waals surface area contributed by atoms with Gasteiger partial charge in [-0.25, -0.2) is 4.98 Å². The Labute approximate surface area is 112 Å². The second-order valence-electron chi connectivity index (χ2n) is 4.34. The summed E-state index contributed by atoms with van der Waals surface area (Å²) >= 11 is 0. The summed E-state index contributed by atoms with van der Waals surface area (Å²) in [6.45, 7) is 1.04. The first-order valence-corrected chi connectivity index (χ1v) is 6.21. The Kier molecular flexibility index (Phi) is 4.65. The largest absolute Gasteiger partial charge is 0.382 e. The van der Waals surface area contributed by atoms with Crippen LogP contribution in [0.15, 0.2) is 24.3 Å². The minimum atomic E-state index is 0.0227. The number of ketones is 1. The molecular weight excluding hydrogens is 244 g/mol. The Morgan fingerprint density at radius 2 is 2.11 bits per heavy atom. The van der Waals surface area contributed by atoms with Crippen molar-refractivity contribution in [1.29, 1.82) is 0 Å². The smallest absolute Gasteiger partial charge is 0.165 e. The van der Waals surface area contributed by atoms with Crippen molar-refractivity contribution in [2.75, 3.05) is 26.9 Å². The molecule has 2 rings (SSSR count). The maximum atomic E-state index is 11.8. The molecule has 0 fully saturated rings. The van der Waals surface area contributed by atoms with Crippen LogP contribution in [0, 0.1) is 0 Å². The number of Topliss-reactive ketones (excluding diaryl/α,β-unsaturated/α-hetero) is 1. The lowest BCUT2D eigenvalue weighted by atomic mass is 10.3. The lowest BCUT2D eigenvalue weighted by Crippen LogP contribution is -2.15. The van der Waals surface area contributed by atoms with Crippen molar-refractivity contribution < 1.29 is 14.3 Å². The van der Waals surface area contributed by atoms with Gasteiger partial charge in [-0.05, 0) is 12.1 Å². The number of hydrogen-bond acceptors (Lipinski definition) is 4. The predicted octanol–water partition coefficient (Wildman–Crippen LogP) is 1.35. The third-order valence-corrected chi connectivity index (χ3v) is 2.93. The first-order chi connectivity index (χ1) is 9.22. The van der Waals surface area contributed by atoms with Gasteiger partial charge in [0, 0.05) is 14.2 Å². The summed E-state index contributed by atoms with van der Waals surface area (Å²) in [5.74, 6) is 0.788. The number of aromatic nitrogens is 2. The Morgan fingerprint density at radius 1 is 1.32 bits per heavy atom. The molecule has 0 bridgehead atoms. The van der Waals surface area contributed by atoms with Crippen molar-refractivity contribution in [1.82, 2.24) is 9.55 Å². The molecular formula is C14H18N2O3. The quantitative estimate of drug-likeness (QED) is 0.707. The molecule has 102 valence electrons. The average Bonchev–Trinajstić information content (AvgIpc) is 2.72. The van der Waals surface area contributed by atoms with E-state index in [9.17, 15) is 4.79 Å². The molecule has 0 aliphatic heterocycles. The molecule has 0 aliphatic carbocycles. The molecule has 5 nitrogen and oxygen atoms in total. The predicted molar refractivity (Wildman–Crippen MR) is 72.1 cm³/mol. The van der Waals surface area contributed by atoms with E-state index in [-0.39, 0.29) is 18.8 Å². The number of nitrogens with zero attached hydrogens (tertiary/aromatic N) is 2. The second-order valence-corrected chi connectivity index (χ2v) is 4.34. The molecule has 1 heterocycles. The first kappa shape index (κ1) is 13.7. The van der Waals surface area contributed by atoms with Gasteiger partial charge < -0.3 is 14.0 Å². The highest BCUT2D eigenvalue weighted by atomic mass is 16.5. The Hall–Kier alpha value is -1.72. The highest BCUT2D eigenvalue weighted by molar-refractivity contribution is 5.83. The fourth-order valence-electron chi connectivity index (χ4n) is 1.91. The van der Waals surface area contributed by atoms with Gasteiger partial charge in [-0.15, -0.1) is 0 Å². The minimum Gasteiger partial charge on any atom is -0.382 e. The van der Waals surface area contributed by atoms with Crippen molar-refractivity contribution in [3.63, 3.8) is 0 Å². The molecule has 1 aromatic carbocycles. The van der Waals surface area contributed by atoms with E-state index in [0.29, 0.717) is 13.2 Å². The Bertz CT molecular complexity index is 563. The topological polar surface area (TPSA) is 53.4 Å². The van der Waals surface area contributed by atoms with Gasteiger partial charge in [-0.1, -0.05) is 12.1 Å². The summed E-state index contributed by atoms with van der Waals surface area (Å²) < 4.78 is 12.0. The van der Waals surface area contributed by atoms with Crippen LogP contribution in [0.3, 0.4) is 0 Å². The van der Waals surface area contributed by atoms with Gasteiger partial charge in [0.15, 0.2) is 5.78 Å². The number of hydrogen-bond donors (Lipinski definition) is 0. The zero-order valence-corrected chi connectivity index (χ0v) is 11.3. The third-order valence-electron chi connectivity index (χ3n) is 2.93. The van der Waals surface area contributed by atoms with Gasteiger partial charge in [-0.2, -0.15) is 0 Å². The Balaban J connectivity index is 1.97. The summed E-state index contributed by atoms with van der Waals surface area (Å²) in [5.41, 5.74) is 1.94. The van der Waals surface area contributed by atoms with E-state index in [2.05, 4.69) is 4.98 Å². The fraction of sp³-hybridized carbons (Fsp3) is 0.429. The third kappa shape index (κ3) is 3.39. The number of carbonyl (C=O) groups excluding carboxylic acids is 1. The van der Waals surface area contributed by atoms with Gasteiger partial charge >= 0.3 is 0 Å². The Morgan fingerprint density at radius 3 is 2.84 bits per heavy atom. The molecule has 0 radical (unpaired) electrons. The molecule has 2 aromatic rings. The molecule has 0 N–H and O–H groups in total. The monoisotopic (exact) mass is 262 g/mol. The number of carbonyl (C=O) groups is 1. The molecule has 1 aromatic heterocycles. The van der Waals surface area contributed by atoms with Crippen LogP contribution in [0.5, 0.6) is 0 Å². The summed E-state index contributed by atoms with van der Waals surface area (Å²) in [6, 6.07) is 7.84. The van der Waals surface area contributed by atoms with E-state index in [4.69, 9.17) is 9.47 Å². The van der Waals surface area contributed by atoms with E-state index in [0.717, 1.165) is 16.9 Å². The van der Waals surface area contributed by atoms with Crippen LogP contribution in [-0.2, 0) is 27.7 Å². The lowest BCUT2D eigenvalue weighted by molar-refractivity contribution is -0.123. The second kappa shape index (κ2) is 6.45. The van der Waals surface area contributed by atoms with Crippen molar-refractivity contribution >= 4 is 16.8 Å². The van der Waals surface area contributed by atoms with Crippen molar-refractivity contribution in [2.45, 2.75) is 6.42 Å². The SMILES string of the molecule is COCCOCC(=O)Cc1nc2ccccc2n1C. The summed E-state index contributed by atoms with van der Waals surface area (Å²) in [5, 5.41) is 0. The maximum Gasteiger partial charge on any atom is 0.165 e. The number of benzene rings is 1. The minimum absolute atomic E-state index is 0.0227. The van der Waals surface area contributed by atoms with Crippen molar-refractivity contribution in [2.24, 2.45) is 7.05 Å². The molecule has 0 spiro atoms.